The number of rotatable bonds is 4. The molecule has 0 N–H and O–H groups in total. The van der Waals surface area contributed by atoms with Crippen LogP contribution in [-0.2, 0) is 19.3 Å². The SMILES string of the molecule is O=C(Cc1c(F)ccc(F)c1F)c1nc2c(s1)-c1cc(-n3ccnc3)ccc1CCC2. The van der Waals surface area contributed by atoms with E-state index in [0.717, 1.165) is 46.3 Å². The van der Waals surface area contributed by atoms with Gasteiger partial charge >= 0.3 is 0 Å². The van der Waals surface area contributed by atoms with E-state index in [0.29, 0.717) is 12.5 Å². The van der Waals surface area contributed by atoms with Crippen molar-refractivity contribution in [3.63, 3.8) is 0 Å². The lowest BCUT2D eigenvalue weighted by molar-refractivity contribution is 0.0990. The van der Waals surface area contributed by atoms with Gasteiger partial charge in [0, 0.05) is 30.1 Å². The fourth-order valence-corrected chi connectivity index (χ4v) is 4.93. The Morgan fingerprint density at radius 1 is 1.10 bits per heavy atom. The number of carbonyl (C=O) groups is 1. The normalized spacial score (nSPS) is 12.9. The number of thiazole rings is 1. The van der Waals surface area contributed by atoms with Gasteiger partial charge in [0.2, 0.25) is 0 Å². The van der Waals surface area contributed by atoms with Crippen LogP contribution in [0.3, 0.4) is 0 Å². The summed E-state index contributed by atoms with van der Waals surface area (Å²) in [7, 11) is 0. The first-order valence-corrected chi connectivity index (χ1v) is 10.6. The molecule has 0 saturated heterocycles. The van der Waals surface area contributed by atoms with Crippen LogP contribution in [0.2, 0.25) is 0 Å². The number of benzene rings is 2. The lowest BCUT2D eigenvalue weighted by Crippen LogP contribution is -2.08. The van der Waals surface area contributed by atoms with E-state index in [1.54, 1.807) is 12.5 Å². The van der Waals surface area contributed by atoms with E-state index in [1.165, 1.54) is 11.3 Å². The first-order valence-electron chi connectivity index (χ1n) is 9.78. The van der Waals surface area contributed by atoms with Gasteiger partial charge in [-0.05, 0) is 54.7 Å². The van der Waals surface area contributed by atoms with Gasteiger partial charge in [-0.1, -0.05) is 6.07 Å². The van der Waals surface area contributed by atoms with Crippen molar-refractivity contribution in [3.8, 4) is 16.1 Å². The molecule has 0 atom stereocenters. The molecule has 8 heteroatoms. The number of hydrogen-bond acceptors (Lipinski definition) is 4. The Balaban J connectivity index is 1.52. The minimum atomic E-state index is -1.33. The first-order chi connectivity index (χ1) is 15.0. The average molecular weight is 439 g/mol. The Hall–Kier alpha value is -3.26. The first kappa shape index (κ1) is 19.7. The molecule has 0 unspecified atom stereocenters. The molecule has 2 aromatic heterocycles. The Labute approximate surface area is 180 Å². The minimum Gasteiger partial charge on any atom is -0.306 e. The molecule has 0 aliphatic heterocycles. The van der Waals surface area contributed by atoms with Crippen molar-refractivity contribution < 1.29 is 18.0 Å². The molecule has 0 spiro atoms. The summed E-state index contributed by atoms with van der Waals surface area (Å²) in [5.41, 5.74) is 3.33. The second kappa shape index (κ2) is 7.77. The van der Waals surface area contributed by atoms with Crippen LogP contribution in [0.1, 0.15) is 33.0 Å². The molecule has 4 nitrogen and oxygen atoms in total. The molecule has 2 heterocycles. The van der Waals surface area contributed by atoms with Gasteiger partial charge in [-0.15, -0.1) is 11.3 Å². The van der Waals surface area contributed by atoms with Gasteiger partial charge in [-0.25, -0.2) is 23.1 Å². The molecular weight excluding hydrogens is 423 g/mol. The number of Topliss-reactive ketones (excluding diaryl/α,β-unsaturated/α-hetero) is 1. The third kappa shape index (κ3) is 3.57. The molecule has 0 bridgehead atoms. The molecule has 31 heavy (non-hydrogen) atoms. The number of carbonyl (C=O) groups excluding carboxylic acids is 1. The second-order valence-electron chi connectivity index (χ2n) is 7.38. The average Bonchev–Trinajstić information content (AvgIpc) is 3.42. The maximum Gasteiger partial charge on any atom is 0.195 e. The van der Waals surface area contributed by atoms with Gasteiger partial charge in [0.25, 0.3) is 0 Å². The van der Waals surface area contributed by atoms with Gasteiger partial charge in [-0.2, -0.15) is 0 Å². The summed E-state index contributed by atoms with van der Waals surface area (Å²) in [6.45, 7) is 0. The monoisotopic (exact) mass is 439 g/mol. The van der Waals surface area contributed by atoms with Crippen molar-refractivity contribution in [3.05, 3.63) is 88.3 Å². The summed E-state index contributed by atoms with van der Waals surface area (Å²) >= 11 is 1.22. The summed E-state index contributed by atoms with van der Waals surface area (Å²) in [5, 5.41) is 0.175. The van der Waals surface area contributed by atoms with Crippen LogP contribution in [0.5, 0.6) is 0 Å². The fourth-order valence-electron chi connectivity index (χ4n) is 3.83. The van der Waals surface area contributed by atoms with Crippen molar-refractivity contribution >= 4 is 17.1 Å². The maximum absolute atomic E-state index is 14.0. The number of nitrogens with zero attached hydrogens (tertiary/aromatic N) is 3. The summed E-state index contributed by atoms with van der Waals surface area (Å²) in [5.74, 6) is -3.99. The highest BCUT2D eigenvalue weighted by atomic mass is 32.1. The smallest absolute Gasteiger partial charge is 0.195 e. The van der Waals surface area contributed by atoms with Gasteiger partial charge in [0.1, 0.15) is 5.82 Å². The van der Waals surface area contributed by atoms with E-state index in [1.807, 2.05) is 22.9 Å². The second-order valence-corrected chi connectivity index (χ2v) is 8.38. The molecule has 1 aliphatic rings. The van der Waals surface area contributed by atoms with Crippen LogP contribution in [-0.4, -0.2) is 20.3 Å². The standard InChI is InChI=1S/C23H16F3N3OS/c24-17-6-7-18(25)21(26)16(17)11-20(30)23-28-19-3-1-2-13-4-5-14(29-9-8-27-12-29)10-15(13)22(19)31-23/h4-10,12H,1-3,11H2. The van der Waals surface area contributed by atoms with Crippen molar-refractivity contribution in [2.45, 2.75) is 25.7 Å². The lowest BCUT2D eigenvalue weighted by atomic mass is 10.0. The van der Waals surface area contributed by atoms with Crippen molar-refractivity contribution in [1.82, 2.24) is 14.5 Å². The Kier molecular flexibility index (Phi) is 4.94. The Morgan fingerprint density at radius 3 is 2.74 bits per heavy atom. The van der Waals surface area contributed by atoms with Gasteiger partial charge in [-0.3, -0.25) is 4.79 Å². The van der Waals surface area contributed by atoms with E-state index in [-0.39, 0.29) is 5.01 Å². The molecule has 0 fully saturated rings. The van der Waals surface area contributed by atoms with Crippen LogP contribution in [0.4, 0.5) is 13.2 Å². The van der Waals surface area contributed by atoms with E-state index in [4.69, 9.17) is 0 Å². The predicted molar refractivity (Wildman–Crippen MR) is 111 cm³/mol. The summed E-state index contributed by atoms with van der Waals surface area (Å²) in [6.07, 6.45) is 7.17. The number of aromatic nitrogens is 3. The number of hydrogen-bond donors (Lipinski definition) is 0. The highest BCUT2D eigenvalue weighted by Crippen LogP contribution is 2.38. The van der Waals surface area contributed by atoms with Crippen molar-refractivity contribution in [2.75, 3.05) is 0 Å². The summed E-state index contributed by atoms with van der Waals surface area (Å²) in [6, 6.07) is 7.66. The molecule has 2 aromatic carbocycles. The van der Waals surface area contributed by atoms with E-state index in [2.05, 4.69) is 16.0 Å². The van der Waals surface area contributed by atoms with Crippen LogP contribution in [0.15, 0.2) is 49.1 Å². The summed E-state index contributed by atoms with van der Waals surface area (Å²) in [4.78, 5) is 22.2. The molecule has 156 valence electrons. The molecule has 4 aromatic rings. The fraction of sp³-hybridized carbons (Fsp3) is 0.174. The van der Waals surface area contributed by atoms with E-state index < -0.39 is 35.2 Å². The van der Waals surface area contributed by atoms with Crippen LogP contribution < -0.4 is 0 Å². The molecular formula is C23H16F3N3OS. The van der Waals surface area contributed by atoms with Crippen molar-refractivity contribution in [1.29, 1.82) is 0 Å². The van der Waals surface area contributed by atoms with E-state index >= 15 is 0 Å². The largest absolute Gasteiger partial charge is 0.306 e. The Bertz CT molecular complexity index is 1300. The maximum atomic E-state index is 14.0. The van der Waals surface area contributed by atoms with Gasteiger partial charge < -0.3 is 4.57 Å². The molecule has 1 aliphatic carbocycles. The number of aryl methyl sites for hydroxylation is 2. The van der Waals surface area contributed by atoms with Gasteiger partial charge in [0.05, 0.1) is 16.9 Å². The number of halogens is 3. The number of ketones is 1. The number of fused-ring (bicyclic) bond motifs is 3. The van der Waals surface area contributed by atoms with Crippen LogP contribution in [0.25, 0.3) is 16.1 Å². The highest BCUT2D eigenvalue weighted by Gasteiger charge is 2.24. The zero-order chi connectivity index (χ0) is 21.5. The zero-order valence-corrected chi connectivity index (χ0v) is 17.1. The van der Waals surface area contributed by atoms with Crippen LogP contribution in [0, 0.1) is 17.5 Å². The lowest BCUT2D eigenvalue weighted by Gasteiger charge is -2.09. The van der Waals surface area contributed by atoms with Gasteiger partial charge in [0.15, 0.2) is 22.4 Å². The topological polar surface area (TPSA) is 47.8 Å². The third-order valence-corrected chi connectivity index (χ3v) is 6.58. The molecule has 5 rings (SSSR count). The zero-order valence-electron chi connectivity index (χ0n) is 16.2. The predicted octanol–water partition coefficient (Wildman–Crippen LogP) is 5.33. The van der Waals surface area contributed by atoms with Crippen LogP contribution >= 0.6 is 11.3 Å². The number of imidazole rings is 1. The molecule has 0 saturated carbocycles. The Morgan fingerprint density at radius 2 is 1.94 bits per heavy atom. The van der Waals surface area contributed by atoms with E-state index in [9.17, 15) is 18.0 Å². The third-order valence-electron chi connectivity index (χ3n) is 5.41. The quantitative estimate of drug-likeness (QED) is 0.319. The molecule has 0 radical (unpaired) electrons. The highest BCUT2D eigenvalue weighted by molar-refractivity contribution is 7.17. The summed E-state index contributed by atoms with van der Waals surface area (Å²) < 4.78 is 43.4. The molecule has 0 amide bonds. The van der Waals surface area contributed by atoms with Crippen molar-refractivity contribution in [2.24, 2.45) is 0 Å². The minimum absolute atomic E-state index is 0.175.